The van der Waals surface area contributed by atoms with Crippen LogP contribution in [-0.2, 0) is 6.54 Å². The van der Waals surface area contributed by atoms with Crippen molar-refractivity contribution in [1.82, 2.24) is 4.98 Å². The van der Waals surface area contributed by atoms with Crippen molar-refractivity contribution in [2.45, 2.75) is 6.54 Å². The highest BCUT2D eigenvalue weighted by atomic mass is 19.1. The lowest BCUT2D eigenvalue weighted by Gasteiger charge is -2.13. The fourth-order valence-corrected chi connectivity index (χ4v) is 2.64. The Morgan fingerprint density at radius 3 is 2.17 bits per heavy atom. The van der Waals surface area contributed by atoms with Gasteiger partial charge in [-0.15, -0.1) is 0 Å². The van der Waals surface area contributed by atoms with Gasteiger partial charge < -0.3 is 22.1 Å². The van der Waals surface area contributed by atoms with E-state index in [1.165, 1.54) is 24.4 Å². The van der Waals surface area contributed by atoms with Gasteiger partial charge in [0.2, 0.25) is 5.91 Å². The van der Waals surface area contributed by atoms with Crippen LogP contribution < -0.4 is 22.1 Å². The standard InChI is InChI=1S/C20H17F2N5O2/c21-13-5-11(6-14(22)7-13)9-25-17-8-18(26-10-16(17)20(24)29)27-15-3-1-12(2-4-15)19(23)28/h1-8,10H,9H2,(H2,23,28)(H2,24,29)(H2,25,26,27). The molecule has 148 valence electrons. The summed E-state index contributed by atoms with van der Waals surface area (Å²) in [6.45, 7) is 0.0612. The van der Waals surface area contributed by atoms with Crippen molar-refractivity contribution in [3.8, 4) is 0 Å². The second-order valence-corrected chi connectivity index (χ2v) is 6.18. The van der Waals surface area contributed by atoms with E-state index >= 15 is 0 Å². The number of pyridine rings is 1. The molecule has 0 saturated heterocycles. The molecule has 0 unspecified atom stereocenters. The van der Waals surface area contributed by atoms with Gasteiger partial charge in [-0.3, -0.25) is 9.59 Å². The quantitative estimate of drug-likeness (QED) is 0.488. The highest BCUT2D eigenvalue weighted by Crippen LogP contribution is 2.23. The molecule has 2 aromatic carbocycles. The SMILES string of the molecule is NC(=O)c1ccc(Nc2cc(NCc3cc(F)cc(F)c3)c(C(N)=O)cn2)cc1. The molecule has 7 nitrogen and oxygen atoms in total. The summed E-state index contributed by atoms with van der Waals surface area (Å²) in [7, 11) is 0. The molecule has 0 aliphatic rings. The van der Waals surface area contributed by atoms with Crippen molar-refractivity contribution < 1.29 is 18.4 Å². The fourth-order valence-electron chi connectivity index (χ4n) is 2.64. The average molecular weight is 397 g/mol. The van der Waals surface area contributed by atoms with Gasteiger partial charge in [-0.05, 0) is 42.0 Å². The summed E-state index contributed by atoms with van der Waals surface area (Å²) in [6.07, 6.45) is 1.29. The molecule has 3 aromatic rings. The largest absolute Gasteiger partial charge is 0.380 e. The van der Waals surface area contributed by atoms with Crippen molar-refractivity contribution in [2.24, 2.45) is 11.5 Å². The number of carbonyl (C=O) groups is 2. The topological polar surface area (TPSA) is 123 Å². The molecular formula is C20H17F2N5O2. The molecule has 29 heavy (non-hydrogen) atoms. The van der Waals surface area contributed by atoms with E-state index in [0.717, 1.165) is 6.07 Å². The van der Waals surface area contributed by atoms with Gasteiger partial charge in [-0.1, -0.05) is 0 Å². The van der Waals surface area contributed by atoms with Gasteiger partial charge in [-0.25, -0.2) is 13.8 Å². The molecule has 1 aromatic heterocycles. The predicted molar refractivity (Wildman–Crippen MR) is 105 cm³/mol. The van der Waals surface area contributed by atoms with Crippen molar-refractivity contribution in [3.05, 3.63) is 83.1 Å². The summed E-state index contributed by atoms with van der Waals surface area (Å²) < 4.78 is 26.7. The third-order valence-electron chi connectivity index (χ3n) is 4.02. The Bertz CT molecular complexity index is 1050. The van der Waals surface area contributed by atoms with Crippen LogP contribution in [0.1, 0.15) is 26.3 Å². The van der Waals surface area contributed by atoms with E-state index in [1.54, 1.807) is 24.3 Å². The molecule has 0 aliphatic heterocycles. The van der Waals surface area contributed by atoms with E-state index in [2.05, 4.69) is 15.6 Å². The molecule has 0 radical (unpaired) electrons. The van der Waals surface area contributed by atoms with Crippen LogP contribution in [0.25, 0.3) is 0 Å². The first-order valence-electron chi connectivity index (χ1n) is 8.47. The Balaban J connectivity index is 1.81. The minimum atomic E-state index is -0.706. The van der Waals surface area contributed by atoms with Gasteiger partial charge in [0, 0.05) is 36.1 Å². The molecule has 0 spiro atoms. The van der Waals surface area contributed by atoms with Crippen molar-refractivity contribution in [2.75, 3.05) is 10.6 Å². The molecule has 9 heteroatoms. The molecule has 0 saturated carbocycles. The summed E-state index contributed by atoms with van der Waals surface area (Å²) in [5.74, 6) is -2.26. The van der Waals surface area contributed by atoms with E-state index in [4.69, 9.17) is 11.5 Å². The van der Waals surface area contributed by atoms with Gasteiger partial charge >= 0.3 is 0 Å². The molecule has 0 fully saturated rings. The zero-order chi connectivity index (χ0) is 21.0. The highest BCUT2D eigenvalue weighted by molar-refractivity contribution is 5.98. The summed E-state index contributed by atoms with van der Waals surface area (Å²) in [5.41, 5.74) is 12.4. The lowest BCUT2D eigenvalue weighted by atomic mass is 10.1. The number of nitrogens with one attached hydrogen (secondary N) is 2. The van der Waals surface area contributed by atoms with Gasteiger partial charge in [0.1, 0.15) is 17.5 Å². The Labute approximate surface area is 164 Å². The number of halogens is 2. The van der Waals surface area contributed by atoms with E-state index in [-0.39, 0.29) is 12.1 Å². The maximum Gasteiger partial charge on any atom is 0.252 e. The molecule has 3 rings (SSSR count). The van der Waals surface area contributed by atoms with Crippen LogP contribution in [0.3, 0.4) is 0 Å². The number of hydrogen-bond donors (Lipinski definition) is 4. The Morgan fingerprint density at radius 1 is 0.931 bits per heavy atom. The lowest BCUT2D eigenvalue weighted by Crippen LogP contribution is -2.15. The Morgan fingerprint density at radius 2 is 1.59 bits per heavy atom. The number of benzene rings is 2. The molecule has 0 aliphatic carbocycles. The van der Waals surface area contributed by atoms with Crippen LogP contribution in [0.5, 0.6) is 0 Å². The fraction of sp³-hybridized carbons (Fsp3) is 0.0500. The lowest BCUT2D eigenvalue weighted by molar-refractivity contribution is 0.0992. The van der Waals surface area contributed by atoms with Crippen LogP contribution in [0.2, 0.25) is 0 Å². The second-order valence-electron chi connectivity index (χ2n) is 6.18. The molecule has 1 heterocycles. The summed E-state index contributed by atoms with van der Waals surface area (Å²) >= 11 is 0. The first kappa shape index (κ1) is 19.7. The number of anilines is 3. The molecular weight excluding hydrogens is 380 g/mol. The minimum absolute atomic E-state index is 0.0612. The van der Waals surface area contributed by atoms with E-state index < -0.39 is 23.4 Å². The maximum atomic E-state index is 13.4. The van der Waals surface area contributed by atoms with Crippen LogP contribution >= 0.6 is 0 Å². The number of carbonyl (C=O) groups excluding carboxylic acids is 2. The molecule has 0 bridgehead atoms. The highest BCUT2D eigenvalue weighted by Gasteiger charge is 2.11. The third-order valence-corrected chi connectivity index (χ3v) is 4.02. The zero-order valence-corrected chi connectivity index (χ0v) is 15.1. The molecule has 0 atom stereocenters. The van der Waals surface area contributed by atoms with Crippen LogP contribution in [0, 0.1) is 11.6 Å². The summed E-state index contributed by atoms with van der Waals surface area (Å²) in [6, 6.07) is 11.1. The van der Waals surface area contributed by atoms with Crippen molar-refractivity contribution >= 4 is 29.0 Å². The smallest absolute Gasteiger partial charge is 0.252 e. The number of primary amides is 2. The minimum Gasteiger partial charge on any atom is -0.380 e. The normalized spacial score (nSPS) is 10.4. The van der Waals surface area contributed by atoms with E-state index in [1.807, 2.05) is 0 Å². The predicted octanol–water partition coefficient (Wildman–Crippen LogP) is 2.91. The Hall–Kier alpha value is -4.01. The number of rotatable bonds is 7. The van der Waals surface area contributed by atoms with Gasteiger partial charge in [0.15, 0.2) is 0 Å². The number of nitrogens with zero attached hydrogens (tertiary/aromatic N) is 1. The number of aromatic nitrogens is 1. The Kier molecular flexibility index (Phi) is 5.68. The van der Waals surface area contributed by atoms with Gasteiger partial charge in [0.25, 0.3) is 5.91 Å². The monoisotopic (exact) mass is 397 g/mol. The second kappa shape index (κ2) is 8.34. The number of nitrogens with two attached hydrogens (primary N) is 2. The average Bonchev–Trinajstić information content (AvgIpc) is 2.66. The first-order valence-corrected chi connectivity index (χ1v) is 8.47. The van der Waals surface area contributed by atoms with Crippen molar-refractivity contribution in [3.63, 3.8) is 0 Å². The van der Waals surface area contributed by atoms with Gasteiger partial charge in [0.05, 0.1) is 11.3 Å². The summed E-state index contributed by atoms with van der Waals surface area (Å²) in [5, 5.41) is 5.96. The van der Waals surface area contributed by atoms with Crippen LogP contribution in [-0.4, -0.2) is 16.8 Å². The molecule has 6 N–H and O–H groups in total. The third kappa shape index (κ3) is 5.04. The van der Waals surface area contributed by atoms with Gasteiger partial charge in [-0.2, -0.15) is 0 Å². The van der Waals surface area contributed by atoms with Crippen molar-refractivity contribution in [1.29, 1.82) is 0 Å². The van der Waals surface area contributed by atoms with Crippen LogP contribution in [0.15, 0.2) is 54.7 Å². The zero-order valence-electron chi connectivity index (χ0n) is 15.1. The van der Waals surface area contributed by atoms with E-state index in [0.29, 0.717) is 28.3 Å². The van der Waals surface area contributed by atoms with Crippen LogP contribution in [0.4, 0.5) is 26.0 Å². The number of amides is 2. The van der Waals surface area contributed by atoms with E-state index in [9.17, 15) is 18.4 Å². The molecule has 2 amide bonds. The maximum absolute atomic E-state index is 13.4. The number of hydrogen-bond acceptors (Lipinski definition) is 5. The summed E-state index contributed by atoms with van der Waals surface area (Å²) in [4.78, 5) is 26.9. The first-order chi connectivity index (χ1) is 13.8.